The van der Waals surface area contributed by atoms with Crippen LogP contribution >= 0.6 is 0 Å². The second-order valence-corrected chi connectivity index (χ2v) is 6.04. The van der Waals surface area contributed by atoms with Crippen molar-refractivity contribution in [2.75, 3.05) is 0 Å². The summed E-state index contributed by atoms with van der Waals surface area (Å²) in [5.41, 5.74) is 3.16. The molecule has 0 heterocycles. The van der Waals surface area contributed by atoms with Crippen molar-refractivity contribution in [3.05, 3.63) is 35.4 Å². The molecular weight excluding hydrogens is 218 g/mol. The zero-order chi connectivity index (χ0) is 12.2. The fourth-order valence-corrected chi connectivity index (χ4v) is 3.23. The second-order valence-electron chi connectivity index (χ2n) is 6.04. The van der Waals surface area contributed by atoms with Gasteiger partial charge in [-0.1, -0.05) is 49.9 Å². The molecule has 0 bridgehead atoms. The van der Waals surface area contributed by atoms with Crippen molar-refractivity contribution in [1.29, 1.82) is 0 Å². The van der Waals surface area contributed by atoms with Crippen molar-refractivity contribution in [1.82, 2.24) is 5.32 Å². The molecule has 98 valence electrons. The molecule has 0 aliphatic heterocycles. The minimum atomic E-state index is 0.764. The van der Waals surface area contributed by atoms with Crippen LogP contribution in [0.4, 0.5) is 0 Å². The average Bonchev–Trinajstić information content (AvgIpc) is 3.24. The predicted octanol–water partition coefficient (Wildman–Crippen LogP) is 4.38. The fourth-order valence-electron chi connectivity index (χ4n) is 3.23. The highest BCUT2D eigenvalue weighted by Crippen LogP contribution is 2.41. The maximum absolute atomic E-state index is 3.80. The molecule has 0 saturated heterocycles. The SMILES string of the molecule is c1ccc(C2CC2)c(CNC2CCCCCC2)c1. The Morgan fingerprint density at radius 1 is 0.889 bits per heavy atom. The highest BCUT2D eigenvalue weighted by Gasteiger charge is 2.25. The lowest BCUT2D eigenvalue weighted by atomic mass is 10.0. The van der Waals surface area contributed by atoms with E-state index in [-0.39, 0.29) is 0 Å². The summed E-state index contributed by atoms with van der Waals surface area (Å²) in [5, 5.41) is 3.80. The highest BCUT2D eigenvalue weighted by atomic mass is 14.9. The van der Waals surface area contributed by atoms with E-state index in [1.807, 2.05) is 0 Å². The van der Waals surface area contributed by atoms with Gasteiger partial charge in [-0.15, -0.1) is 0 Å². The lowest BCUT2D eigenvalue weighted by Crippen LogP contribution is -2.28. The summed E-state index contributed by atoms with van der Waals surface area (Å²) >= 11 is 0. The lowest BCUT2D eigenvalue weighted by Gasteiger charge is -2.17. The van der Waals surface area contributed by atoms with Gasteiger partial charge in [-0.2, -0.15) is 0 Å². The van der Waals surface area contributed by atoms with Gasteiger partial charge >= 0.3 is 0 Å². The standard InChI is InChI=1S/C17H25N/c1-2-4-9-16(8-3-1)18-13-15-7-5-6-10-17(15)14-11-12-14/h5-7,10,14,16,18H,1-4,8-9,11-13H2. The van der Waals surface area contributed by atoms with E-state index in [1.165, 1.54) is 51.4 Å². The third-order valence-electron chi connectivity index (χ3n) is 4.51. The van der Waals surface area contributed by atoms with E-state index in [0.717, 1.165) is 18.5 Å². The molecule has 2 saturated carbocycles. The van der Waals surface area contributed by atoms with Crippen LogP contribution in [0, 0.1) is 0 Å². The molecule has 0 radical (unpaired) electrons. The Morgan fingerprint density at radius 3 is 2.33 bits per heavy atom. The third kappa shape index (κ3) is 3.14. The Hall–Kier alpha value is -0.820. The van der Waals surface area contributed by atoms with Crippen LogP contribution in [-0.4, -0.2) is 6.04 Å². The van der Waals surface area contributed by atoms with E-state index in [1.54, 1.807) is 11.1 Å². The topological polar surface area (TPSA) is 12.0 Å². The van der Waals surface area contributed by atoms with Crippen molar-refractivity contribution in [2.45, 2.75) is 69.9 Å². The lowest BCUT2D eigenvalue weighted by molar-refractivity contribution is 0.458. The monoisotopic (exact) mass is 243 g/mol. The molecule has 2 aliphatic carbocycles. The van der Waals surface area contributed by atoms with Gasteiger partial charge in [0, 0.05) is 12.6 Å². The number of hydrogen-bond donors (Lipinski definition) is 1. The smallest absolute Gasteiger partial charge is 0.0210 e. The Bertz CT molecular complexity index is 373. The first-order valence-corrected chi connectivity index (χ1v) is 7.74. The third-order valence-corrected chi connectivity index (χ3v) is 4.51. The number of rotatable bonds is 4. The van der Waals surface area contributed by atoms with Crippen LogP contribution in [0.2, 0.25) is 0 Å². The van der Waals surface area contributed by atoms with E-state index in [2.05, 4.69) is 29.6 Å². The minimum Gasteiger partial charge on any atom is -0.310 e. The van der Waals surface area contributed by atoms with Gasteiger partial charge in [-0.3, -0.25) is 0 Å². The summed E-state index contributed by atoms with van der Waals surface area (Å²) in [5.74, 6) is 0.872. The van der Waals surface area contributed by atoms with Gasteiger partial charge in [-0.25, -0.2) is 0 Å². The van der Waals surface area contributed by atoms with E-state index in [4.69, 9.17) is 0 Å². The molecule has 1 aromatic rings. The number of benzene rings is 1. The van der Waals surface area contributed by atoms with Gasteiger partial charge in [-0.05, 0) is 42.7 Å². The number of hydrogen-bond acceptors (Lipinski definition) is 1. The molecule has 18 heavy (non-hydrogen) atoms. The first kappa shape index (κ1) is 12.2. The van der Waals surface area contributed by atoms with Gasteiger partial charge in [0.25, 0.3) is 0 Å². The van der Waals surface area contributed by atoms with Crippen molar-refractivity contribution in [3.63, 3.8) is 0 Å². The molecule has 2 aliphatic rings. The molecule has 2 fully saturated rings. The molecule has 3 rings (SSSR count). The van der Waals surface area contributed by atoms with E-state index in [9.17, 15) is 0 Å². The Labute approximate surface area is 111 Å². The van der Waals surface area contributed by atoms with Gasteiger partial charge in [0.2, 0.25) is 0 Å². The number of nitrogens with one attached hydrogen (secondary N) is 1. The summed E-state index contributed by atoms with van der Waals surface area (Å²) < 4.78 is 0. The summed E-state index contributed by atoms with van der Waals surface area (Å²) in [6, 6.07) is 9.80. The molecule has 1 nitrogen and oxygen atoms in total. The van der Waals surface area contributed by atoms with Crippen LogP contribution in [0.1, 0.15) is 68.4 Å². The van der Waals surface area contributed by atoms with Crippen LogP contribution in [0.25, 0.3) is 0 Å². The Kier molecular flexibility index (Phi) is 3.99. The predicted molar refractivity (Wildman–Crippen MR) is 76.7 cm³/mol. The molecule has 1 aromatic carbocycles. The summed E-state index contributed by atoms with van der Waals surface area (Å²) in [6.45, 7) is 1.08. The first-order valence-electron chi connectivity index (χ1n) is 7.74. The van der Waals surface area contributed by atoms with Crippen molar-refractivity contribution >= 4 is 0 Å². The van der Waals surface area contributed by atoms with Gasteiger partial charge in [0.1, 0.15) is 0 Å². The molecule has 0 atom stereocenters. The normalized spacial score (nSPS) is 21.8. The van der Waals surface area contributed by atoms with Crippen LogP contribution in [-0.2, 0) is 6.54 Å². The highest BCUT2D eigenvalue weighted by molar-refractivity contribution is 5.33. The average molecular weight is 243 g/mol. The summed E-state index contributed by atoms with van der Waals surface area (Å²) in [4.78, 5) is 0. The Morgan fingerprint density at radius 2 is 1.61 bits per heavy atom. The summed E-state index contributed by atoms with van der Waals surface area (Å²) in [7, 11) is 0. The zero-order valence-corrected chi connectivity index (χ0v) is 11.3. The second kappa shape index (κ2) is 5.88. The minimum absolute atomic E-state index is 0.764. The molecular formula is C17H25N. The molecule has 0 spiro atoms. The van der Waals surface area contributed by atoms with Crippen molar-refractivity contribution < 1.29 is 0 Å². The van der Waals surface area contributed by atoms with E-state index in [0.29, 0.717) is 0 Å². The van der Waals surface area contributed by atoms with Crippen LogP contribution in [0.5, 0.6) is 0 Å². The molecule has 1 N–H and O–H groups in total. The van der Waals surface area contributed by atoms with E-state index < -0.39 is 0 Å². The van der Waals surface area contributed by atoms with Crippen LogP contribution < -0.4 is 5.32 Å². The Balaban J connectivity index is 1.58. The molecule has 1 heteroatoms. The largest absolute Gasteiger partial charge is 0.310 e. The van der Waals surface area contributed by atoms with Gasteiger partial charge < -0.3 is 5.32 Å². The molecule has 0 unspecified atom stereocenters. The maximum Gasteiger partial charge on any atom is 0.0210 e. The molecule has 0 aromatic heterocycles. The van der Waals surface area contributed by atoms with Crippen LogP contribution in [0.15, 0.2) is 24.3 Å². The van der Waals surface area contributed by atoms with E-state index >= 15 is 0 Å². The zero-order valence-electron chi connectivity index (χ0n) is 11.3. The summed E-state index contributed by atoms with van der Waals surface area (Å²) in [6.07, 6.45) is 11.3. The van der Waals surface area contributed by atoms with Gasteiger partial charge in [0.05, 0.1) is 0 Å². The van der Waals surface area contributed by atoms with Gasteiger partial charge in [0.15, 0.2) is 0 Å². The quantitative estimate of drug-likeness (QED) is 0.774. The van der Waals surface area contributed by atoms with Crippen molar-refractivity contribution in [3.8, 4) is 0 Å². The molecule has 0 amide bonds. The maximum atomic E-state index is 3.80. The van der Waals surface area contributed by atoms with Crippen molar-refractivity contribution in [2.24, 2.45) is 0 Å². The fraction of sp³-hybridized carbons (Fsp3) is 0.647. The van der Waals surface area contributed by atoms with Crippen LogP contribution in [0.3, 0.4) is 0 Å². The first-order chi connectivity index (χ1) is 8.93.